The van der Waals surface area contributed by atoms with Gasteiger partial charge in [0.05, 0.1) is 31.9 Å². The number of carbonyl (C=O) groups is 2. The number of anilines is 2. The van der Waals surface area contributed by atoms with Crippen molar-refractivity contribution in [1.82, 2.24) is 20.2 Å². The molecule has 1 aromatic carbocycles. The maximum absolute atomic E-state index is 14.1. The number of nitrogens with zero attached hydrogens (tertiary/aromatic N) is 3. The van der Waals surface area contributed by atoms with Crippen molar-refractivity contribution in [1.29, 1.82) is 0 Å². The van der Waals surface area contributed by atoms with Crippen LogP contribution in [0.3, 0.4) is 0 Å². The van der Waals surface area contributed by atoms with Crippen molar-refractivity contribution in [2.24, 2.45) is 0 Å². The molecule has 3 aromatic rings. The Morgan fingerprint density at radius 2 is 1.95 bits per heavy atom. The van der Waals surface area contributed by atoms with Crippen LogP contribution in [0.2, 0.25) is 5.02 Å². The maximum Gasteiger partial charge on any atom is 0.420 e. The summed E-state index contributed by atoms with van der Waals surface area (Å²) in [6, 6.07) is 4.56. The van der Waals surface area contributed by atoms with E-state index >= 15 is 0 Å². The highest BCUT2D eigenvalue weighted by Crippen LogP contribution is 2.42. The number of sulfone groups is 1. The average molecular weight is 658 g/mol. The number of amides is 1. The normalized spacial score (nSPS) is 16.7. The van der Waals surface area contributed by atoms with Crippen LogP contribution in [0.1, 0.15) is 47.1 Å². The molecule has 1 amide bonds. The largest absolute Gasteiger partial charge is 0.459 e. The fourth-order valence-electron chi connectivity index (χ4n) is 4.69. The lowest BCUT2D eigenvalue weighted by Crippen LogP contribution is -2.39. The first-order valence-electron chi connectivity index (χ1n) is 13.1. The topological polar surface area (TPSA) is 131 Å². The molecule has 0 atom stereocenters. The molecule has 0 aliphatic carbocycles. The van der Waals surface area contributed by atoms with E-state index in [1.807, 2.05) is 0 Å². The summed E-state index contributed by atoms with van der Waals surface area (Å²) in [5.74, 6) is -2.30. The van der Waals surface area contributed by atoms with Gasteiger partial charge in [-0.25, -0.2) is 18.4 Å². The minimum atomic E-state index is -4.89. The van der Waals surface area contributed by atoms with E-state index in [4.69, 9.17) is 16.3 Å². The fraction of sp³-hybridized carbons (Fsp3) is 0.407. The first-order valence-corrected chi connectivity index (χ1v) is 16.0. The van der Waals surface area contributed by atoms with Gasteiger partial charge in [-0.2, -0.15) is 13.2 Å². The second kappa shape index (κ2) is 11.3. The molecular weight excluding hydrogens is 631 g/mol. The van der Waals surface area contributed by atoms with Crippen molar-refractivity contribution in [2.45, 2.75) is 50.4 Å². The van der Waals surface area contributed by atoms with Gasteiger partial charge in [0.2, 0.25) is 5.95 Å². The number of hydrogen-bond donors (Lipinski definition) is 2. The summed E-state index contributed by atoms with van der Waals surface area (Å²) in [6.07, 6.45) is -3.53. The number of rotatable bonds is 5. The number of benzene rings is 1. The van der Waals surface area contributed by atoms with Crippen LogP contribution in [0.15, 0.2) is 29.3 Å². The summed E-state index contributed by atoms with van der Waals surface area (Å²) in [4.78, 5) is 33.8. The minimum absolute atomic E-state index is 0.209. The zero-order valence-corrected chi connectivity index (χ0v) is 25.7. The van der Waals surface area contributed by atoms with Crippen LogP contribution in [0, 0.1) is 0 Å². The Kier molecular flexibility index (Phi) is 8.22. The molecule has 4 heterocycles. The second-order valence-corrected chi connectivity index (χ2v) is 14.6. The summed E-state index contributed by atoms with van der Waals surface area (Å²) in [6.45, 7) is 5.50. The van der Waals surface area contributed by atoms with Gasteiger partial charge in [-0.1, -0.05) is 11.6 Å². The molecule has 0 radical (unpaired) electrons. The van der Waals surface area contributed by atoms with Gasteiger partial charge in [-0.05, 0) is 63.1 Å². The number of fused-ring (bicyclic) bond motifs is 2. The molecule has 0 bridgehead atoms. The molecule has 16 heteroatoms. The number of esters is 1. The Bertz CT molecular complexity index is 1720. The van der Waals surface area contributed by atoms with E-state index in [9.17, 15) is 31.2 Å². The van der Waals surface area contributed by atoms with Gasteiger partial charge in [0.25, 0.3) is 5.91 Å². The van der Waals surface area contributed by atoms with Gasteiger partial charge < -0.3 is 20.3 Å². The third-order valence-corrected chi connectivity index (χ3v) is 9.92. The number of thiophene rings is 1. The van der Waals surface area contributed by atoms with E-state index in [1.165, 1.54) is 0 Å². The predicted molar refractivity (Wildman–Crippen MR) is 154 cm³/mol. The quantitative estimate of drug-likeness (QED) is 0.370. The first-order chi connectivity index (χ1) is 20.0. The van der Waals surface area contributed by atoms with Crippen molar-refractivity contribution < 1.29 is 35.9 Å². The average Bonchev–Trinajstić information content (AvgIpc) is 3.33. The van der Waals surface area contributed by atoms with Crippen LogP contribution in [0.5, 0.6) is 0 Å². The zero-order chi connectivity index (χ0) is 31.3. The van der Waals surface area contributed by atoms with Crippen LogP contribution < -0.4 is 10.6 Å². The Morgan fingerprint density at radius 1 is 1.21 bits per heavy atom. The molecule has 0 saturated carbocycles. The number of hydrogen-bond acceptors (Lipinski definition) is 10. The number of ether oxygens (including phenoxy) is 1. The van der Waals surface area contributed by atoms with Crippen molar-refractivity contribution in [3.63, 3.8) is 0 Å². The lowest BCUT2D eigenvalue weighted by atomic mass is 10.0. The van der Waals surface area contributed by atoms with E-state index < -0.39 is 61.9 Å². The molecule has 2 aromatic heterocycles. The molecule has 5 rings (SSSR count). The lowest BCUT2D eigenvalue weighted by Gasteiger charge is -2.23. The summed E-state index contributed by atoms with van der Waals surface area (Å²) >= 11 is 6.98. The molecule has 43 heavy (non-hydrogen) atoms. The van der Waals surface area contributed by atoms with Gasteiger partial charge in [0.1, 0.15) is 22.6 Å². The fourth-order valence-corrected chi connectivity index (χ4v) is 7.88. The third-order valence-electron chi connectivity index (χ3n) is 6.63. The van der Waals surface area contributed by atoms with Gasteiger partial charge >= 0.3 is 12.1 Å². The van der Waals surface area contributed by atoms with Crippen molar-refractivity contribution in [2.75, 3.05) is 30.7 Å². The standard InChI is InChI=1S/C27H27ClF3N5O5S2/c1-26(2,3)41-21(37)13-36-6-7-43(39,40)20-10-19(42-23(20)24(36)38)22-16(27(29,30)31)12-33-25(35-22)34-18-9-15-11-32-5-4-14(15)8-17(18)28/h8-10,12,32H,4-7,11,13H2,1-3H3,(H,33,34,35). The summed E-state index contributed by atoms with van der Waals surface area (Å²) < 4.78 is 73.8. The summed E-state index contributed by atoms with van der Waals surface area (Å²) in [7, 11) is -4.09. The van der Waals surface area contributed by atoms with Gasteiger partial charge in [-0.15, -0.1) is 11.3 Å². The van der Waals surface area contributed by atoms with Gasteiger partial charge in [0.15, 0.2) is 9.84 Å². The third kappa shape index (κ3) is 6.79. The monoisotopic (exact) mass is 657 g/mol. The highest BCUT2D eigenvalue weighted by atomic mass is 35.5. The number of carbonyl (C=O) groups excluding carboxylic acids is 2. The Balaban J connectivity index is 1.54. The summed E-state index contributed by atoms with van der Waals surface area (Å²) in [5, 5.41) is 6.43. The molecule has 2 N–H and O–H groups in total. The first kappa shape index (κ1) is 31.2. The number of aromatic nitrogens is 2. The summed E-state index contributed by atoms with van der Waals surface area (Å²) in [5.41, 5.74) is -0.271. The number of alkyl halides is 3. The van der Waals surface area contributed by atoms with Gasteiger partial charge in [-0.3, -0.25) is 9.59 Å². The van der Waals surface area contributed by atoms with Crippen LogP contribution in [-0.4, -0.2) is 66.2 Å². The predicted octanol–water partition coefficient (Wildman–Crippen LogP) is 4.84. The van der Waals surface area contributed by atoms with Gasteiger partial charge in [0, 0.05) is 19.3 Å². The van der Waals surface area contributed by atoms with Crippen LogP contribution in [0.25, 0.3) is 10.6 Å². The Morgan fingerprint density at radius 3 is 2.65 bits per heavy atom. The van der Waals surface area contributed by atoms with E-state index in [1.54, 1.807) is 32.9 Å². The van der Waals surface area contributed by atoms with E-state index in [-0.39, 0.29) is 22.2 Å². The Labute approximate surface area is 254 Å². The number of halogens is 4. The highest BCUT2D eigenvalue weighted by molar-refractivity contribution is 7.91. The Hall–Kier alpha value is -3.27. The van der Waals surface area contributed by atoms with Crippen LogP contribution >= 0.6 is 22.9 Å². The maximum atomic E-state index is 14.1. The molecule has 230 valence electrons. The molecule has 10 nitrogen and oxygen atoms in total. The molecule has 2 aliphatic rings. The minimum Gasteiger partial charge on any atom is -0.459 e. The van der Waals surface area contributed by atoms with E-state index in [2.05, 4.69) is 20.6 Å². The number of nitrogens with one attached hydrogen (secondary N) is 2. The second-order valence-electron chi connectivity index (χ2n) is 11.0. The van der Waals surface area contributed by atoms with E-state index in [0.29, 0.717) is 34.8 Å². The molecule has 2 aliphatic heterocycles. The molecular formula is C27H27ClF3N5O5S2. The van der Waals surface area contributed by atoms with Crippen LogP contribution in [-0.2, 0) is 38.5 Å². The zero-order valence-electron chi connectivity index (χ0n) is 23.3. The molecule has 0 saturated heterocycles. The highest BCUT2D eigenvalue weighted by Gasteiger charge is 2.39. The van der Waals surface area contributed by atoms with Crippen LogP contribution in [0.4, 0.5) is 24.8 Å². The molecule has 0 fully saturated rings. The smallest absolute Gasteiger partial charge is 0.420 e. The molecule has 0 unspecified atom stereocenters. The van der Waals surface area contributed by atoms with Crippen molar-refractivity contribution >= 4 is 56.3 Å². The van der Waals surface area contributed by atoms with Crippen molar-refractivity contribution in [3.8, 4) is 10.6 Å². The van der Waals surface area contributed by atoms with Crippen molar-refractivity contribution in [3.05, 3.63) is 51.0 Å². The molecule has 0 spiro atoms. The lowest BCUT2D eigenvalue weighted by molar-refractivity contribution is -0.155. The SMILES string of the molecule is CC(C)(C)OC(=O)CN1CCS(=O)(=O)c2cc(-c3nc(Nc4cc5c(cc4Cl)CCNC5)ncc3C(F)(F)F)sc2C1=O. The van der Waals surface area contributed by atoms with E-state index in [0.717, 1.165) is 35.1 Å².